The number of aryl methyl sites for hydroxylation is 1. The quantitative estimate of drug-likeness (QED) is 0.857. The molecule has 1 N–H and O–H groups in total. The van der Waals surface area contributed by atoms with Crippen LogP contribution in [0.1, 0.15) is 30.0 Å². The van der Waals surface area contributed by atoms with Crippen LogP contribution in [0.2, 0.25) is 0 Å². The Bertz CT molecular complexity index is 776. The molecule has 1 atom stereocenters. The minimum atomic E-state index is 0.0127. The van der Waals surface area contributed by atoms with Crippen molar-refractivity contribution >= 4 is 11.6 Å². The van der Waals surface area contributed by atoms with Gasteiger partial charge in [0.1, 0.15) is 11.5 Å². The van der Waals surface area contributed by atoms with E-state index in [0.29, 0.717) is 6.54 Å². The molecule has 1 aliphatic rings. The van der Waals surface area contributed by atoms with Gasteiger partial charge in [0, 0.05) is 23.4 Å². The molecule has 1 heterocycles. The molecule has 0 aromatic heterocycles. The summed E-state index contributed by atoms with van der Waals surface area (Å²) in [5.74, 6) is 1.59. The molecule has 0 spiro atoms. The number of rotatable bonds is 6. The molecular formula is C21H26N2O3. The number of amides is 1. The van der Waals surface area contributed by atoms with E-state index >= 15 is 0 Å². The lowest BCUT2D eigenvalue weighted by Crippen LogP contribution is -2.33. The van der Waals surface area contributed by atoms with Gasteiger partial charge < -0.3 is 14.8 Å². The topological polar surface area (TPSA) is 50.8 Å². The number of benzene rings is 2. The Balaban J connectivity index is 1.72. The van der Waals surface area contributed by atoms with Crippen LogP contribution in [0.25, 0.3) is 0 Å². The molecule has 1 amide bonds. The predicted octanol–water partition coefficient (Wildman–Crippen LogP) is 3.79. The Morgan fingerprint density at radius 3 is 2.73 bits per heavy atom. The number of carbonyl (C=O) groups excluding carboxylic acids is 1. The highest BCUT2D eigenvalue weighted by Crippen LogP contribution is 2.38. The zero-order valence-electron chi connectivity index (χ0n) is 15.6. The molecule has 0 radical (unpaired) electrons. The van der Waals surface area contributed by atoms with E-state index in [0.717, 1.165) is 47.7 Å². The summed E-state index contributed by atoms with van der Waals surface area (Å²) >= 11 is 0. The molecular weight excluding hydrogens is 328 g/mol. The second kappa shape index (κ2) is 8.23. The smallest absolute Gasteiger partial charge is 0.238 e. The van der Waals surface area contributed by atoms with Crippen LogP contribution < -0.4 is 14.8 Å². The third-order valence-electron chi connectivity index (χ3n) is 4.93. The van der Waals surface area contributed by atoms with Crippen molar-refractivity contribution in [3.05, 3.63) is 53.6 Å². The average Bonchev–Trinajstić information content (AvgIpc) is 3.10. The van der Waals surface area contributed by atoms with Crippen molar-refractivity contribution in [2.24, 2.45) is 0 Å². The SMILES string of the molecule is COc1ccc([C@H]2CCCN2CC(=O)Nc2ccccc2C)c(OC)c1. The van der Waals surface area contributed by atoms with Gasteiger partial charge >= 0.3 is 0 Å². The lowest BCUT2D eigenvalue weighted by Gasteiger charge is -2.26. The highest BCUT2D eigenvalue weighted by molar-refractivity contribution is 5.93. The van der Waals surface area contributed by atoms with Crippen LogP contribution in [-0.2, 0) is 4.79 Å². The van der Waals surface area contributed by atoms with Crippen LogP contribution in [0.5, 0.6) is 11.5 Å². The molecule has 5 heteroatoms. The van der Waals surface area contributed by atoms with Gasteiger partial charge in [-0.05, 0) is 44.0 Å². The fourth-order valence-corrected chi connectivity index (χ4v) is 3.55. The Labute approximate surface area is 154 Å². The lowest BCUT2D eigenvalue weighted by atomic mass is 10.0. The van der Waals surface area contributed by atoms with E-state index in [-0.39, 0.29) is 11.9 Å². The number of carbonyl (C=O) groups is 1. The summed E-state index contributed by atoms with van der Waals surface area (Å²) in [7, 11) is 3.31. The van der Waals surface area contributed by atoms with E-state index in [1.807, 2.05) is 49.4 Å². The number of methoxy groups -OCH3 is 2. The summed E-state index contributed by atoms with van der Waals surface area (Å²) < 4.78 is 10.8. The molecule has 0 saturated carbocycles. The van der Waals surface area contributed by atoms with Crippen molar-refractivity contribution in [3.8, 4) is 11.5 Å². The maximum absolute atomic E-state index is 12.5. The Hall–Kier alpha value is -2.53. The molecule has 1 aliphatic heterocycles. The maximum Gasteiger partial charge on any atom is 0.238 e. The zero-order valence-corrected chi connectivity index (χ0v) is 15.6. The molecule has 2 aromatic rings. The van der Waals surface area contributed by atoms with Gasteiger partial charge in [-0.2, -0.15) is 0 Å². The van der Waals surface area contributed by atoms with E-state index in [4.69, 9.17) is 9.47 Å². The molecule has 0 aliphatic carbocycles. The Morgan fingerprint density at radius 2 is 2.00 bits per heavy atom. The van der Waals surface area contributed by atoms with Crippen molar-refractivity contribution in [3.63, 3.8) is 0 Å². The highest BCUT2D eigenvalue weighted by Gasteiger charge is 2.29. The first-order chi connectivity index (χ1) is 12.6. The van der Waals surface area contributed by atoms with Crippen molar-refractivity contribution in [2.75, 3.05) is 32.6 Å². The molecule has 2 aromatic carbocycles. The third kappa shape index (κ3) is 3.99. The zero-order chi connectivity index (χ0) is 18.5. The molecule has 3 rings (SSSR count). The van der Waals surface area contributed by atoms with Crippen molar-refractivity contribution in [1.29, 1.82) is 0 Å². The van der Waals surface area contributed by atoms with Gasteiger partial charge in [-0.3, -0.25) is 9.69 Å². The van der Waals surface area contributed by atoms with Gasteiger partial charge in [0.25, 0.3) is 0 Å². The summed E-state index contributed by atoms with van der Waals surface area (Å²) in [6.45, 7) is 3.27. The van der Waals surface area contributed by atoms with Gasteiger partial charge in [-0.1, -0.05) is 24.3 Å². The third-order valence-corrected chi connectivity index (χ3v) is 4.93. The fraction of sp³-hybridized carbons (Fsp3) is 0.381. The maximum atomic E-state index is 12.5. The number of hydrogen-bond acceptors (Lipinski definition) is 4. The molecule has 138 valence electrons. The van der Waals surface area contributed by atoms with Gasteiger partial charge in [0.15, 0.2) is 0 Å². The number of hydrogen-bond donors (Lipinski definition) is 1. The second-order valence-electron chi connectivity index (χ2n) is 6.60. The summed E-state index contributed by atoms with van der Waals surface area (Å²) in [4.78, 5) is 14.8. The minimum Gasteiger partial charge on any atom is -0.497 e. The number of ether oxygens (including phenoxy) is 2. The number of likely N-dealkylation sites (tertiary alicyclic amines) is 1. The predicted molar refractivity (Wildman–Crippen MR) is 103 cm³/mol. The van der Waals surface area contributed by atoms with Gasteiger partial charge in [0.2, 0.25) is 5.91 Å². The molecule has 26 heavy (non-hydrogen) atoms. The van der Waals surface area contributed by atoms with Crippen LogP contribution in [0.4, 0.5) is 5.69 Å². The van der Waals surface area contributed by atoms with E-state index in [2.05, 4.69) is 10.2 Å². The Morgan fingerprint density at radius 1 is 1.19 bits per heavy atom. The largest absolute Gasteiger partial charge is 0.497 e. The van der Waals surface area contributed by atoms with Gasteiger partial charge in [-0.25, -0.2) is 0 Å². The summed E-state index contributed by atoms with van der Waals surface area (Å²) in [5, 5.41) is 3.02. The standard InChI is InChI=1S/C21H26N2O3/c1-15-7-4-5-8-18(15)22-21(24)14-23-12-6-9-19(23)17-11-10-16(25-2)13-20(17)26-3/h4-5,7-8,10-11,13,19H,6,9,12,14H2,1-3H3,(H,22,24)/t19-/m1/s1. The minimum absolute atomic E-state index is 0.0127. The van der Waals surface area contributed by atoms with E-state index in [1.165, 1.54) is 0 Å². The Kier molecular flexibility index (Phi) is 5.78. The van der Waals surface area contributed by atoms with Crippen molar-refractivity contribution in [1.82, 2.24) is 4.90 Å². The molecule has 1 fully saturated rings. The number of para-hydroxylation sites is 1. The van der Waals surface area contributed by atoms with Gasteiger partial charge in [0.05, 0.1) is 20.8 Å². The monoisotopic (exact) mass is 354 g/mol. The van der Waals surface area contributed by atoms with E-state index in [1.54, 1.807) is 14.2 Å². The lowest BCUT2D eigenvalue weighted by molar-refractivity contribution is -0.117. The van der Waals surface area contributed by atoms with Crippen LogP contribution >= 0.6 is 0 Å². The summed E-state index contributed by atoms with van der Waals surface area (Å²) in [6.07, 6.45) is 2.08. The van der Waals surface area contributed by atoms with E-state index in [9.17, 15) is 4.79 Å². The number of anilines is 1. The van der Waals surface area contributed by atoms with Crippen LogP contribution in [-0.4, -0.2) is 38.1 Å². The van der Waals surface area contributed by atoms with Crippen molar-refractivity contribution < 1.29 is 14.3 Å². The number of nitrogens with one attached hydrogen (secondary N) is 1. The summed E-state index contributed by atoms with van der Waals surface area (Å²) in [5.41, 5.74) is 3.04. The highest BCUT2D eigenvalue weighted by atomic mass is 16.5. The number of nitrogens with zero attached hydrogens (tertiary/aromatic N) is 1. The summed E-state index contributed by atoms with van der Waals surface area (Å²) in [6, 6.07) is 13.9. The van der Waals surface area contributed by atoms with Crippen LogP contribution in [0.15, 0.2) is 42.5 Å². The second-order valence-corrected chi connectivity index (χ2v) is 6.60. The van der Waals surface area contributed by atoms with Crippen molar-refractivity contribution in [2.45, 2.75) is 25.8 Å². The van der Waals surface area contributed by atoms with Gasteiger partial charge in [-0.15, -0.1) is 0 Å². The average molecular weight is 354 g/mol. The molecule has 1 saturated heterocycles. The first-order valence-electron chi connectivity index (χ1n) is 8.94. The molecule has 0 unspecified atom stereocenters. The molecule has 5 nitrogen and oxygen atoms in total. The first-order valence-corrected chi connectivity index (χ1v) is 8.94. The van der Waals surface area contributed by atoms with E-state index < -0.39 is 0 Å². The fourth-order valence-electron chi connectivity index (χ4n) is 3.55. The van der Waals surface area contributed by atoms with Crippen LogP contribution in [0.3, 0.4) is 0 Å². The van der Waals surface area contributed by atoms with Crippen LogP contribution in [0, 0.1) is 6.92 Å². The first kappa shape index (κ1) is 18.3. The normalized spacial score (nSPS) is 17.1. The molecule has 0 bridgehead atoms.